The van der Waals surface area contributed by atoms with Gasteiger partial charge in [0.1, 0.15) is 5.75 Å². The third-order valence-corrected chi connectivity index (χ3v) is 4.30. The highest BCUT2D eigenvalue weighted by Crippen LogP contribution is 2.21. The lowest BCUT2D eigenvalue weighted by Crippen LogP contribution is -2.33. The van der Waals surface area contributed by atoms with Crippen molar-refractivity contribution in [1.82, 2.24) is 15.1 Å². The van der Waals surface area contributed by atoms with Gasteiger partial charge in [0, 0.05) is 25.9 Å². The molecule has 25 heavy (non-hydrogen) atoms. The van der Waals surface area contributed by atoms with Crippen LogP contribution in [0.15, 0.2) is 34.7 Å². The fraction of sp³-hybridized carbons (Fsp3) is 0.526. The Morgan fingerprint density at radius 1 is 1.28 bits per heavy atom. The van der Waals surface area contributed by atoms with E-state index in [4.69, 9.17) is 9.15 Å². The Labute approximate surface area is 148 Å². The van der Waals surface area contributed by atoms with Gasteiger partial charge in [-0.25, -0.2) is 0 Å². The van der Waals surface area contributed by atoms with Crippen molar-refractivity contribution in [3.63, 3.8) is 0 Å². The first-order valence-corrected chi connectivity index (χ1v) is 8.87. The fourth-order valence-corrected chi connectivity index (χ4v) is 3.03. The summed E-state index contributed by atoms with van der Waals surface area (Å²) in [4.78, 5) is 14.2. The van der Waals surface area contributed by atoms with Gasteiger partial charge in [-0.1, -0.05) is 32.0 Å². The third kappa shape index (κ3) is 5.05. The summed E-state index contributed by atoms with van der Waals surface area (Å²) >= 11 is 0. The lowest BCUT2D eigenvalue weighted by Gasteiger charge is -2.16. The van der Waals surface area contributed by atoms with Crippen molar-refractivity contribution in [2.75, 3.05) is 19.7 Å². The van der Waals surface area contributed by atoms with Gasteiger partial charge in [0.05, 0.1) is 0 Å². The minimum atomic E-state index is 0.0254. The SMILES string of the molecule is CC(C)Cc1nnc(CC2CCN(C(=O)COc3ccccc3)C2)o1. The molecule has 1 aromatic carbocycles. The molecule has 2 aromatic rings. The first kappa shape index (κ1) is 17.5. The van der Waals surface area contributed by atoms with Crippen molar-refractivity contribution >= 4 is 5.91 Å². The molecule has 1 unspecified atom stereocenters. The molecule has 0 radical (unpaired) electrons. The van der Waals surface area contributed by atoms with Crippen LogP contribution in [0, 0.1) is 11.8 Å². The lowest BCUT2D eigenvalue weighted by molar-refractivity contribution is -0.132. The van der Waals surface area contributed by atoms with Crippen molar-refractivity contribution in [3.8, 4) is 5.75 Å². The van der Waals surface area contributed by atoms with Gasteiger partial charge in [-0.3, -0.25) is 4.79 Å². The first-order chi connectivity index (χ1) is 12.1. The van der Waals surface area contributed by atoms with Crippen LogP contribution in [-0.2, 0) is 17.6 Å². The van der Waals surface area contributed by atoms with Crippen LogP contribution in [0.5, 0.6) is 5.75 Å². The van der Waals surface area contributed by atoms with E-state index in [1.807, 2.05) is 35.2 Å². The van der Waals surface area contributed by atoms with Crippen LogP contribution in [0.2, 0.25) is 0 Å². The first-order valence-electron chi connectivity index (χ1n) is 8.87. The molecule has 1 aliphatic rings. The van der Waals surface area contributed by atoms with Crippen molar-refractivity contribution < 1.29 is 13.9 Å². The quantitative estimate of drug-likeness (QED) is 0.773. The minimum absolute atomic E-state index is 0.0254. The lowest BCUT2D eigenvalue weighted by atomic mass is 10.1. The van der Waals surface area contributed by atoms with Crippen LogP contribution >= 0.6 is 0 Å². The molecule has 0 N–H and O–H groups in total. The Bertz CT molecular complexity index is 684. The van der Waals surface area contributed by atoms with Crippen molar-refractivity contribution in [2.24, 2.45) is 11.8 Å². The smallest absolute Gasteiger partial charge is 0.260 e. The van der Waals surface area contributed by atoms with Crippen LogP contribution in [0.25, 0.3) is 0 Å². The van der Waals surface area contributed by atoms with Gasteiger partial charge in [-0.15, -0.1) is 10.2 Å². The summed E-state index contributed by atoms with van der Waals surface area (Å²) in [5, 5.41) is 8.23. The number of aromatic nitrogens is 2. The Kier molecular flexibility index (Phi) is 5.68. The summed E-state index contributed by atoms with van der Waals surface area (Å²) in [6, 6.07) is 9.41. The fourth-order valence-electron chi connectivity index (χ4n) is 3.03. The van der Waals surface area contributed by atoms with Crippen LogP contribution in [0.3, 0.4) is 0 Å². The molecule has 1 aromatic heterocycles. The molecule has 0 aliphatic carbocycles. The number of para-hydroxylation sites is 1. The summed E-state index contributed by atoms with van der Waals surface area (Å²) in [5.41, 5.74) is 0. The van der Waals surface area contributed by atoms with Gasteiger partial charge in [0.25, 0.3) is 5.91 Å². The third-order valence-electron chi connectivity index (χ3n) is 4.30. The number of benzene rings is 1. The largest absolute Gasteiger partial charge is 0.484 e. The molecule has 3 rings (SSSR count). The molecule has 0 saturated carbocycles. The van der Waals surface area contributed by atoms with Crippen LogP contribution < -0.4 is 4.74 Å². The highest BCUT2D eigenvalue weighted by atomic mass is 16.5. The van der Waals surface area contributed by atoms with Crippen molar-refractivity contribution in [1.29, 1.82) is 0 Å². The molecule has 6 nitrogen and oxygen atoms in total. The number of rotatable bonds is 7. The number of ether oxygens (including phenoxy) is 1. The Balaban J connectivity index is 1.45. The molecule has 0 spiro atoms. The van der Waals surface area contributed by atoms with E-state index >= 15 is 0 Å². The summed E-state index contributed by atoms with van der Waals surface area (Å²) in [6.45, 7) is 5.81. The van der Waals surface area contributed by atoms with Crippen LogP contribution in [0.4, 0.5) is 0 Å². The molecule has 1 aliphatic heterocycles. The number of likely N-dealkylation sites (tertiary alicyclic amines) is 1. The van der Waals surface area contributed by atoms with Crippen LogP contribution in [-0.4, -0.2) is 40.7 Å². The molecular formula is C19H25N3O3. The highest BCUT2D eigenvalue weighted by molar-refractivity contribution is 5.78. The Hall–Kier alpha value is -2.37. The zero-order valence-electron chi connectivity index (χ0n) is 14.9. The summed E-state index contributed by atoms with van der Waals surface area (Å²) in [6.07, 6.45) is 2.49. The normalized spacial score (nSPS) is 17.2. The van der Waals surface area contributed by atoms with Crippen molar-refractivity contribution in [2.45, 2.75) is 33.1 Å². The average Bonchev–Trinajstić information content (AvgIpc) is 3.23. The number of carbonyl (C=O) groups excluding carboxylic acids is 1. The van der Waals surface area contributed by atoms with Gasteiger partial charge in [0.15, 0.2) is 6.61 Å². The van der Waals surface area contributed by atoms with Gasteiger partial charge in [-0.2, -0.15) is 0 Å². The number of carbonyl (C=O) groups is 1. The zero-order valence-corrected chi connectivity index (χ0v) is 14.9. The predicted octanol–water partition coefficient (Wildman–Crippen LogP) is 2.74. The van der Waals surface area contributed by atoms with E-state index in [0.29, 0.717) is 23.6 Å². The van der Waals surface area contributed by atoms with E-state index in [1.165, 1.54) is 0 Å². The van der Waals surface area contributed by atoms with Crippen LogP contribution in [0.1, 0.15) is 32.0 Å². The van der Waals surface area contributed by atoms with E-state index in [9.17, 15) is 4.79 Å². The molecule has 1 fully saturated rings. The van der Waals surface area contributed by atoms with E-state index in [0.717, 1.165) is 38.1 Å². The maximum atomic E-state index is 12.3. The molecule has 1 atom stereocenters. The number of nitrogens with zero attached hydrogens (tertiary/aromatic N) is 3. The topological polar surface area (TPSA) is 68.5 Å². The van der Waals surface area contributed by atoms with Gasteiger partial charge in [0.2, 0.25) is 11.8 Å². The summed E-state index contributed by atoms with van der Waals surface area (Å²) < 4.78 is 11.2. The molecule has 1 saturated heterocycles. The van der Waals surface area contributed by atoms with Gasteiger partial charge >= 0.3 is 0 Å². The molecule has 1 amide bonds. The predicted molar refractivity (Wildman–Crippen MR) is 93.2 cm³/mol. The van der Waals surface area contributed by atoms with E-state index in [1.54, 1.807) is 0 Å². The second-order valence-electron chi connectivity index (χ2n) is 6.99. The molecule has 6 heteroatoms. The monoisotopic (exact) mass is 343 g/mol. The average molecular weight is 343 g/mol. The van der Waals surface area contributed by atoms with Gasteiger partial charge in [-0.05, 0) is 30.4 Å². The Morgan fingerprint density at radius 3 is 2.80 bits per heavy atom. The zero-order chi connectivity index (χ0) is 17.6. The summed E-state index contributed by atoms with van der Waals surface area (Å²) in [5.74, 6) is 2.99. The standard InChI is InChI=1S/C19H25N3O3/c1-14(2)10-17-20-21-18(25-17)11-15-8-9-22(12-15)19(23)13-24-16-6-4-3-5-7-16/h3-7,14-15H,8-13H2,1-2H3. The van der Waals surface area contributed by atoms with E-state index in [-0.39, 0.29) is 12.5 Å². The van der Waals surface area contributed by atoms with Crippen molar-refractivity contribution in [3.05, 3.63) is 42.1 Å². The number of hydrogen-bond donors (Lipinski definition) is 0. The highest BCUT2D eigenvalue weighted by Gasteiger charge is 2.28. The van der Waals surface area contributed by atoms with E-state index in [2.05, 4.69) is 24.0 Å². The minimum Gasteiger partial charge on any atom is -0.484 e. The second-order valence-corrected chi connectivity index (χ2v) is 6.99. The second kappa shape index (κ2) is 8.14. The molecule has 0 bridgehead atoms. The summed E-state index contributed by atoms with van der Waals surface area (Å²) in [7, 11) is 0. The maximum absolute atomic E-state index is 12.3. The molecular weight excluding hydrogens is 318 g/mol. The molecule has 2 heterocycles. The van der Waals surface area contributed by atoms with Gasteiger partial charge < -0.3 is 14.1 Å². The number of hydrogen-bond acceptors (Lipinski definition) is 5. The molecule has 134 valence electrons. The number of amides is 1. The Morgan fingerprint density at radius 2 is 2.04 bits per heavy atom. The maximum Gasteiger partial charge on any atom is 0.260 e. The van der Waals surface area contributed by atoms with E-state index < -0.39 is 0 Å².